The molecule has 6 nitrogen and oxygen atoms in total. The lowest BCUT2D eigenvalue weighted by molar-refractivity contribution is 0.164. The number of sulfonamides is 1. The van der Waals surface area contributed by atoms with Crippen LogP contribution in [0.1, 0.15) is 44.1 Å². The maximum Gasteiger partial charge on any atom is 0.211 e. The minimum atomic E-state index is -3.17. The molecule has 2 fully saturated rings. The first-order valence-corrected chi connectivity index (χ1v) is 10.4. The van der Waals surface area contributed by atoms with Crippen molar-refractivity contribution in [1.82, 2.24) is 9.29 Å². The molecule has 1 saturated heterocycles. The average molecular weight is 348 g/mol. The number of hydrogen-bond acceptors (Lipinski definition) is 5. The van der Waals surface area contributed by atoms with Crippen LogP contribution in [0.3, 0.4) is 0 Å². The summed E-state index contributed by atoms with van der Waals surface area (Å²) in [6.07, 6.45) is 8.72. The van der Waals surface area contributed by atoms with Crippen molar-refractivity contribution in [2.45, 2.75) is 50.6 Å². The molecule has 1 aromatic heterocycles. The molecule has 2 aliphatic rings. The number of pyridine rings is 1. The van der Waals surface area contributed by atoms with Crippen molar-refractivity contribution < 1.29 is 8.42 Å². The minimum Gasteiger partial charge on any atom is -0.357 e. The largest absolute Gasteiger partial charge is 0.357 e. The summed E-state index contributed by atoms with van der Waals surface area (Å²) < 4.78 is 26.3. The highest BCUT2D eigenvalue weighted by atomic mass is 32.2. The van der Waals surface area contributed by atoms with E-state index < -0.39 is 10.0 Å². The van der Waals surface area contributed by atoms with Crippen molar-refractivity contribution in [3.05, 3.63) is 23.9 Å². The maximum absolute atomic E-state index is 12.3. The Hall–Kier alpha value is -1.65. The number of anilines is 1. The monoisotopic (exact) mass is 348 g/mol. The van der Waals surface area contributed by atoms with Gasteiger partial charge in [-0.05, 0) is 44.2 Å². The first-order valence-electron chi connectivity index (χ1n) is 8.58. The van der Waals surface area contributed by atoms with E-state index in [2.05, 4.69) is 16.0 Å². The highest BCUT2D eigenvalue weighted by Gasteiger charge is 2.37. The molecule has 1 aliphatic carbocycles. The smallest absolute Gasteiger partial charge is 0.211 e. The van der Waals surface area contributed by atoms with E-state index in [1.165, 1.54) is 6.26 Å². The molecule has 1 aromatic rings. The zero-order chi connectivity index (χ0) is 17.2. The van der Waals surface area contributed by atoms with Crippen molar-refractivity contribution >= 4 is 15.8 Å². The van der Waals surface area contributed by atoms with E-state index in [0.717, 1.165) is 57.4 Å². The molecular weight excluding hydrogens is 324 g/mol. The third-order valence-corrected chi connectivity index (χ3v) is 6.44. The third-order valence-electron chi connectivity index (χ3n) is 5.08. The molecule has 0 spiro atoms. The van der Waals surface area contributed by atoms with Gasteiger partial charge in [-0.3, -0.25) is 0 Å². The van der Waals surface area contributed by atoms with E-state index in [9.17, 15) is 8.42 Å². The van der Waals surface area contributed by atoms with Crippen molar-refractivity contribution in [3.8, 4) is 6.07 Å². The van der Waals surface area contributed by atoms with Gasteiger partial charge in [0, 0.05) is 31.4 Å². The number of nitriles is 1. The van der Waals surface area contributed by atoms with Crippen LogP contribution in [0.15, 0.2) is 18.3 Å². The van der Waals surface area contributed by atoms with E-state index in [1.54, 1.807) is 16.6 Å². The summed E-state index contributed by atoms with van der Waals surface area (Å²) in [4.78, 5) is 6.56. The van der Waals surface area contributed by atoms with Crippen LogP contribution in [0.5, 0.6) is 0 Å². The van der Waals surface area contributed by atoms with Gasteiger partial charge in [0.2, 0.25) is 10.0 Å². The molecule has 1 saturated carbocycles. The molecule has 0 bridgehead atoms. The number of rotatable bonds is 4. The SMILES string of the molecule is CS(=O)(=O)N(C1CCC1)C1CCCN(c2ccc(C#N)cn2)CC1. The molecule has 1 aliphatic heterocycles. The van der Waals surface area contributed by atoms with E-state index >= 15 is 0 Å². The Bertz CT molecular complexity index is 707. The fourth-order valence-corrected chi connectivity index (χ4v) is 5.19. The molecule has 0 aromatic carbocycles. The minimum absolute atomic E-state index is 0.0914. The van der Waals surface area contributed by atoms with Gasteiger partial charge in [0.1, 0.15) is 11.9 Å². The van der Waals surface area contributed by atoms with Gasteiger partial charge in [0.25, 0.3) is 0 Å². The second kappa shape index (κ2) is 7.08. The Morgan fingerprint density at radius 2 is 1.88 bits per heavy atom. The van der Waals surface area contributed by atoms with Crippen molar-refractivity contribution in [3.63, 3.8) is 0 Å². The fraction of sp³-hybridized carbons (Fsp3) is 0.647. The van der Waals surface area contributed by atoms with E-state index in [4.69, 9.17) is 5.26 Å². The topological polar surface area (TPSA) is 77.3 Å². The Morgan fingerprint density at radius 3 is 2.42 bits per heavy atom. The molecule has 130 valence electrons. The Morgan fingerprint density at radius 1 is 1.17 bits per heavy atom. The van der Waals surface area contributed by atoms with Crippen molar-refractivity contribution in [2.24, 2.45) is 0 Å². The van der Waals surface area contributed by atoms with Gasteiger partial charge in [-0.15, -0.1) is 0 Å². The van der Waals surface area contributed by atoms with Crippen LogP contribution in [0.25, 0.3) is 0 Å². The molecular formula is C17H24N4O2S. The average Bonchev–Trinajstić information content (AvgIpc) is 2.75. The van der Waals surface area contributed by atoms with Crippen LogP contribution in [0.4, 0.5) is 5.82 Å². The zero-order valence-electron chi connectivity index (χ0n) is 14.1. The molecule has 24 heavy (non-hydrogen) atoms. The Labute approximate surface area is 144 Å². The fourth-order valence-electron chi connectivity index (χ4n) is 3.68. The number of aromatic nitrogens is 1. The van der Waals surface area contributed by atoms with Crippen LogP contribution in [0, 0.1) is 11.3 Å². The summed E-state index contributed by atoms with van der Waals surface area (Å²) in [5.41, 5.74) is 0.555. The number of nitrogens with zero attached hydrogens (tertiary/aromatic N) is 4. The van der Waals surface area contributed by atoms with Crippen molar-refractivity contribution in [2.75, 3.05) is 24.2 Å². The molecule has 0 radical (unpaired) electrons. The molecule has 1 atom stereocenters. The summed E-state index contributed by atoms with van der Waals surface area (Å²) in [6.45, 7) is 1.67. The van der Waals surface area contributed by atoms with Gasteiger partial charge < -0.3 is 4.90 Å². The lowest BCUT2D eigenvalue weighted by Gasteiger charge is -2.40. The van der Waals surface area contributed by atoms with Crippen molar-refractivity contribution in [1.29, 1.82) is 5.26 Å². The quantitative estimate of drug-likeness (QED) is 0.833. The lowest BCUT2D eigenvalue weighted by Crippen LogP contribution is -2.49. The normalized spacial score (nSPS) is 22.7. The van der Waals surface area contributed by atoms with Crippen LogP contribution in [0.2, 0.25) is 0 Å². The highest BCUT2D eigenvalue weighted by molar-refractivity contribution is 7.88. The lowest BCUT2D eigenvalue weighted by atomic mass is 9.91. The second-order valence-corrected chi connectivity index (χ2v) is 8.65. The van der Waals surface area contributed by atoms with E-state index in [0.29, 0.717) is 5.56 Å². The summed E-state index contributed by atoms with van der Waals surface area (Å²) in [5.74, 6) is 0.865. The van der Waals surface area contributed by atoms with Gasteiger partial charge in [0.15, 0.2) is 0 Å². The van der Waals surface area contributed by atoms with Crippen LogP contribution >= 0.6 is 0 Å². The van der Waals surface area contributed by atoms with Crippen LogP contribution in [-0.4, -0.2) is 49.1 Å². The second-order valence-electron chi connectivity index (χ2n) is 6.77. The molecule has 7 heteroatoms. The predicted molar refractivity (Wildman–Crippen MR) is 93.1 cm³/mol. The maximum atomic E-state index is 12.3. The summed E-state index contributed by atoms with van der Waals surface area (Å²) >= 11 is 0. The molecule has 3 rings (SSSR count). The molecule has 0 amide bonds. The van der Waals surface area contributed by atoms with Gasteiger partial charge in [-0.25, -0.2) is 13.4 Å². The zero-order valence-corrected chi connectivity index (χ0v) is 14.9. The van der Waals surface area contributed by atoms with Gasteiger partial charge >= 0.3 is 0 Å². The van der Waals surface area contributed by atoms with E-state index in [-0.39, 0.29) is 12.1 Å². The molecule has 2 heterocycles. The summed E-state index contributed by atoms with van der Waals surface area (Å²) in [5, 5.41) is 8.87. The van der Waals surface area contributed by atoms with Gasteiger partial charge in [-0.2, -0.15) is 9.57 Å². The first kappa shape index (κ1) is 17.2. The van der Waals surface area contributed by atoms with Gasteiger partial charge in [0.05, 0.1) is 11.8 Å². The summed E-state index contributed by atoms with van der Waals surface area (Å²) in [6, 6.07) is 6.02. The number of hydrogen-bond donors (Lipinski definition) is 0. The first-order chi connectivity index (χ1) is 11.5. The van der Waals surface area contributed by atoms with Gasteiger partial charge in [-0.1, -0.05) is 6.42 Å². The third kappa shape index (κ3) is 3.70. The molecule has 1 unspecified atom stereocenters. The van der Waals surface area contributed by atoms with E-state index in [1.807, 2.05) is 6.07 Å². The summed E-state index contributed by atoms with van der Waals surface area (Å²) in [7, 11) is -3.17. The predicted octanol–water partition coefficient (Wildman–Crippen LogP) is 2.13. The molecule has 0 N–H and O–H groups in total. The van der Waals surface area contributed by atoms with Crippen LogP contribution in [-0.2, 0) is 10.0 Å². The highest BCUT2D eigenvalue weighted by Crippen LogP contribution is 2.32. The Kier molecular flexibility index (Phi) is 5.07. The standard InChI is InChI=1S/C17H24N4O2S/c1-24(22,23)21(15-4-2-5-15)16-6-3-10-20(11-9-16)17-8-7-14(12-18)13-19-17/h7-8,13,15-16H,2-6,9-11H2,1H3. The Balaban J connectivity index is 1.70. The van der Waals surface area contributed by atoms with Crippen LogP contribution < -0.4 is 4.90 Å².